The van der Waals surface area contributed by atoms with Gasteiger partial charge < -0.3 is 15.0 Å². The molecule has 0 aromatic heterocycles. The molecule has 0 bridgehead atoms. The van der Waals surface area contributed by atoms with Crippen LogP contribution in [-0.4, -0.2) is 71.8 Å². The quantitative estimate of drug-likeness (QED) is 0.414. The van der Waals surface area contributed by atoms with E-state index >= 15 is 0 Å². The third-order valence-electron chi connectivity index (χ3n) is 6.08. The van der Waals surface area contributed by atoms with E-state index in [0.29, 0.717) is 48.9 Å². The molecule has 1 heterocycles. The number of likely N-dealkylation sites (N-methyl/N-ethyl adjacent to an activating group) is 1. The van der Waals surface area contributed by atoms with Crippen LogP contribution in [0.3, 0.4) is 0 Å². The molecule has 0 spiro atoms. The van der Waals surface area contributed by atoms with Crippen LogP contribution >= 0.6 is 0 Å². The van der Waals surface area contributed by atoms with Crippen molar-refractivity contribution in [1.29, 1.82) is 0 Å². The van der Waals surface area contributed by atoms with Gasteiger partial charge >= 0.3 is 0 Å². The summed E-state index contributed by atoms with van der Waals surface area (Å²) in [6, 6.07) is 18.9. The van der Waals surface area contributed by atoms with Gasteiger partial charge in [0.25, 0.3) is 15.9 Å². The molecule has 10 nitrogen and oxygen atoms in total. The Labute approximate surface area is 223 Å². The first-order valence-electron chi connectivity index (χ1n) is 11.9. The van der Waals surface area contributed by atoms with Crippen LogP contribution in [0.4, 0.5) is 11.4 Å². The van der Waals surface area contributed by atoms with Gasteiger partial charge in [-0.2, -0.15) is 4.31 Å². The summed E-state index contributed by atoms with van der Waals surface area (Å²) >= 11 is 0. The lowest BCUT2D eigenvalue weighted by Gasteiger charge is -2.31. The molecule has 202 valence electrons. The monoisotopic (exact) mass is 558 g/mol. The fourth-order valence-corrected chi connectivity index (χ4v) is 6.46. The molecule has 3 aromatic carbocycles. The summed E-state index contributed by atoms with van der Waals surface area (Å²) in [5.41, 5.74) is 1.43. The van der Waals surface area contributed by atoms with Crippen LogP contribution < -0.4 is 14.8 Å². The number of rotatable bonds is 9. The first-order chi connectivity index (χ1) is 18.0. The third-order valence-corrected chi connectivity index (χ3v) is 9.37. The maximum Gasteiger partial charge on any atom is 0.262 e. The maximum atomic E-state index is 12.9. The SMILES string of the molecule is Cc1cc(S(=O)(=O)Nc2ccccc2)ccc1OCC(=O)Nc1ccc(S(=O)(=O)N2CCN(C)CC2)cc1. The molecule has 0 saturated carbocycles. The number of piperazine rings is 1. The summed E-state index contributed by atoms with van der Waals surface area (Å²) in [6.07, 6.45) is 0. The molecular formula is C26H30N4O6S2. The van der Waals surface area contributed by atoms with Gasteiger partial charge in [0.2, 0.25) is 10.0 Å². The van der Waals surface area contributed by atoms with Crippen LogP contribution in [0.2, 0.25) is 0 Å². The van der Waals surface area contributed by atoms with Gasteiger partial charge in [0.05, 0.1) is 9.79 Å². The Morgan fingerprint density at radius 3 is 2.11 bits per heavy atom. The van der Waals surface area contributed by atoms with Gasteiger partial charge in [-0.1, -0.05) is 18.2 Å². The van der Waals surface area contributed by atoms with Crippen molar-refractivity contribution in [2.75, 3.05) is 49.9 Å². The Morgan fingerprint density at radius 1 is 0.842 bits per heavy atom. The molecule has 12 heteroatoms. The Bertz CT molecular complexity index is 1490. The first-order valence-corrected chi connectivity index (χ1v) is 14.9. The number of carbonyl (C=O) groups excluding carboxylic acids is 1. The minimum atomic E-state index is -3.78. The second-order valence-corrected chi connectivity index (χ2v) is 12.6. The van der Waals surface area contributed by atoms with Gasteiger partial charge in [-0.25, -0.2) is 16.8 Å². The van der Waals surface area contributed by atoms with Crippen molar-refractivity contribution in [3.05, 3.63) is 78.4 Å². The minimum Gasteiger partial charge on any atom is -0.483 e. The van der Waals surface area contributed by atoms with Crippen LogP contribution in [0.25, 0.3) is 0 Å². The number of nitrogens with one attached hydrogen (secondary N) is 2. The molecule has 1 saturated heterocycles. The summed E-state index contributed by atoms with van der Waals surface area (Å²) in [7, 11) is -5.42. The van der Waals surface area contributed by atoms with Gasteiger partial charge in [-0.15, -0.1) is 0 Å². The number of amides is 1. The van der Waals surface area contributed by atoms with Gasteiger partial charge in [0, 0.05) is 37.6 Å². The lowest BCUT2D eigenvalue weighted by atomic mass is 10.2. The average Bonchev–Trinajstić information content (AvgIpc) is 2.89. The molecule has 0 radical (unpaired) electrons. The van der Waals surface area contributed by atoms with Crippen LogP contribution in [0, 0.1) is 6.92 Å². The number of benzene rings is 3. The van der Waals surface area contributed by atoms with Gasteiger partial charge in [0.1, 0.15) is 5.75 Å². The van der Waals surface area contributed by atoms with Gasteiger partial charge in [-0.05, 0) is 74.1 Å². The van der Waals surface area contributed by atoms with Gasteiger partial charge in [0.15, 0.2) is 6.61 Å². The van der Waals surface area contributed by atoms with Crippen LogP contribution in [-0.2, 0) is 24.8 Å². The van der Waals surface area contributed by atoms with Crippen molar-refractivity contribution in [3.8, 4) is 5.75 Å². The molecule has 3 aromatic rings. The summed E-state index contributed by atoms with van der Waals surface area (Å²) in [5, 5.41) is 2.67. The zero-order chi connectivity index (χ0) is 27.3. The number of nitrogens with zero attached hydrogens (tertiary/aromatic N) is 2. The summed E-state index contributed by atoms with van der Waals surface area (Å²) in [5.74, 6) is -0.0750. The molecule has 1 amide bonds. The number of para-hydroxylation sites is 1. The van der Waals surface area contributed by atoms with E-state index in [1.54, 1.807) is 37.3 Å². The number of anilines is 2. The number of aryl methyl sites for hydroxylation is 1. The maximum absolute atomic E-state index is 12.9. The number of hydrogen-bond donors (Lipinski definition) is 2. The van der Waals surface area contributed by atoms with E-state index in [1.165, 1.54) is 46.8 Å². The summed E-state index contributed by atoms with van der Waals surface area (Å²) < 4.78 is 60.6. The van der Waals surface area contributed by atoms with Crippen molar-refractivity contribution >= 4 is 37.3 Å². The molecule has 2 N–H and O–H groups in total. The van der Waals surface area contributed by atoms with E-state index in [9.17, 15) is 21.6 Å². The van der Waals surface area contributed by atoms with Crippen molar-refractivity contribution in [1.82, 2.24) is 9.21 Å². The third kappa shape index (κ3) is 6.70. The molecule has 1 fully saturated rings. The first kappa shape index (κ1) is 27.6. The summed E-state index contributed by atoms with van der Waals surface area (Å²) in [4.78, 5) is 14.7. The van der Waals surface area contributed by atoms with E-state index in [2.05, 4.69) is 14.9 Å². The Hall–Kier alpha value is -3.45. The molecule has 0 atom stereocenters. The van der Waals surface area contributed by atoms with E-state index in [0.717, 1.165) is 0 Å². The fourth-order valence-electron chi connectivity index (χ4n) is 3.90. The largest absolute Gasteiger partial charge is 0.483 e. The Balaban J connectivity index is 1.33. The summed E-state index contributed by atoms with van der Waals surface area (Å²) in [6.45, 7) is 3.60. The minimum absolute atomic E-state index is 0.0715. The lowest BCUT2D eigenvalue weighted by molar-refractivity contribution is -0.118. The van der Waals surface area contributed by atoms with Crippen molar-refractivity contribution in [2.24, 2.45) is 0 Å². The molecule has 0 unspecified atom stereocenters. The topological polar surface area (TPSA) is 125 Å². The van der Waals surface area contributed by atoms with Gasteiger partial charge in [-0.3, -0.25) is 9.52 Å². The highest BCUT2D eigenvalue weighted by Gasteiger charge is 2.27. The van der Waals surface area contributed by atoms with E-state index in [1.807, 2.05) is 7.05 Å². The van der Waals surface area contributed by atoms with Crippen molar-refractivity contribution in [3.63, 3.8) is 0 Å². The van der Waals surface area contributed by atoms with Crippen molar-refractivity contribution < 1.29 is 26.4 Å². The smallest absolute Gasteiger partial charge is 0.262 e. The normalized spacial score (nSPS) is 15.1. The predicted molar refractivity (Wildman–Crippen MR) is 145 cm³/mol. The molecule has 1 aliphatic rings. The van der Waals surface area contributed by atoms with E-state index < -0.39 is 26.0 Å². The number of hydrogen-bond acceptors (Lipinski definition) is 7. The van der Waals surface area contributed by atoms with Crippen molar-refractivity contribution in [2.45, 2.75) is 16.7 Å². The number of ether oxygens (including phenoxy) is 1. The molecule has 0 aliphatic carbocycles. The molecule has 4 rings (SSSR count). The second-order valence-electron chi connectivity index (χ2n) is 8.97. The number of sulfonamides is 2. The Kier molecular flexibility index (Phi) is 8.36. The Morgan fingerprint density at radius 2 is 1.47 bits per heavy atom. The standard InChI is InChI=1S/C26H30N4O6S2/c1-20-18-24(37(32,33)28-22-6-4-3-5-7-22)12-13-25(20)36-19-26(31)27-21-8-10-23(11-9-21)38(34,35)30-16-14-29(2)15-17-30/h3-13,18,28H,14-17,19H2,1-2H3,(H,27,31). The van der Waals surface area contributed by atoms with E-state index in [4.69, 9.17) is 4.74 Å². The zero-order valence-electron chi connectivity index (χ0n) is 21.1. The lowest BCUT2D eigenvalue weighted by Crippen LogP contribution is -2.46. The molecule has 38 heavy (non-hydrogen) atoms. The molecular weight excluding hydrogens is 528 g/mol. The number of carbonyl (C=O) groups is 1. The molecule has 1 aliphatic heterocycles. The fraction of sp³-hybridized carbons (Fsp3) is 0.269. The highest BCUT2D eigenvalue weighted by atomic mass is 32.2. The predicted octanol–water partition coefficient (Wildman–Crippen LogP) is 2.75. The van der Waals surface area contributed by atoms with Crippen LogP contribution in [0.15, 0.2) is 82.6 Å². The van der Waals surface area contributed by atoms with E-state index in [-0.39, 0.29) is 16.4 Å². The average molecular weight is 559 g/mol. The zero-order valence-corrected chi connectivity index (χ0v) is 22.8. The van der Waals surface area contributed by atoms with Crippen LogP contribution in [0.1, 0.15) is 5.56 Å². The highest BCUT2D eigenvalue weighted by Crippen LogP contribution is 2.24. The second kappa shape index (κ2) is 11.5. The van der Waals surface area contributed by atoms with Crippen LogP contribution in [0.5, 0.6) is 5.75 Å². The highest BCUT2D eigenvalue weighted by molar-refractivity contribution is 7.92.